The van der Waals surface area contributed by atoms with Gasteiger partial charge in [0.1, 0.15) is 13.1 Å². The monoisotopic (exact) mass is 573 g/mol. The molecule has 0 fully saturated rings. The molecule has 0 aromatic carbocycles. The zero-order valence-electron chi connectivity index (χ0n) is 24.4. The second-order valence-electron chi connectivity index (χ2n) is 11.0. The lowest BCUT2D eigenvalue weighted by Gasteiger charge is -2.03. The van der Waals surface area contributed by atoms with E-state index in [1.165, 1.54) is 140 Å². The van der Waals surface area contributed by atoms with Gasteiger partial charge in [-0.2, -0.15) is 0 Å². The lowest BCUT2D eigenvalue weighted by atomic mass is 10.1. The predicted molar refractivity (Wildman–Crippen MR) is 156 cm³/mol. The first-order chi connectivity index (χ1) is 17.8. The van der Waals surface area contributed by atoms with Crippen molar-refractivity contribution in [2.45, 2.75) is 155 Å². The Hall–Kier alpha value is -1.22. The molecule has 0 N–H and O–H groups in total. The molecule has 0 spiro atoms. The molecule has 0 saturated heterocycles. The molecule has 37 heavy (non-hydrogen) atoms. The van der Waals surface area contributed by atoms with Crippen molar-refractivity contribution in [1.29, 1.82) is 0 Å². The highest BCUT2D eigenvalue weighted by atomic mass is 79.9. The van der Waals surface area contributed by atoms with Gasteiger partial charge in [-0.15, -0.1) is 0 Å². The second-order valence-corrected chi connectivity index (χ2v) is 11.0. The number of hydrogen-bond acceptors (Lipinski definition) is 0. The summed E-state index contributed by atoms with van der Waals surface area (Å²) < 4.78 is 4.70. The minimum Gasteiger partial charge on any atom is -1.00 e. The van der Waals surface area contributed by atoms with Crippen molar-refractivity contribution in [2.75, 3.05) is 0 Å². The molecule has 2 heterocycles. The molecule has 0 saturated carbocycles. The normalized spacial score (nSPS) is 11.0. The molecule has 3 heteroatoms. The maximum absolute atomic E-state index is 2.35. The highest BCUT2D eigenvalue weighted by Gasteiger charge is 2.06. The minimum absolute atomic E-state index is 0. The first-order valence-corrected chi connectivity index (χ1v) is 15.8. The highest BCUT2D eigenvalue weighted by molar-refractivity contribution is 5.60. The van der Waals surface area contributed by atoms with Crippen molar-refractivity contribution in [3.63, 3.8) is 0 Å². The summed E-state index contributed by atoms with van der Waals surface area (Å²) in [6.07, 6.45) is 37.0. The molecule has 2 aromatic rings. The second kappa shape index (κ2) is 23.9. The van der Waals surface area contributed by atoms with Gasteiger partial charge in [0.25, 0.3) is 0 Å². The van der Waals surface area contributed by atoms with Crippen LogP contribution in [0.4, 0.5) is 0 Å². The number of unbranched alkanes of at least 4 members (excludes halogenated alkanes) is 18. The molecule has 2 rings (SSSR count). The zero-order chi connectivity index (χ0) is 25.5. The number of pyridine rings is 2. The quantitative estimate of drug-likeness (QED) is 0.102. The van der Waals surface area contributed by atoms with Gasteiger partial charge in [-0.05, 0) is 24.0 Å². The maximum atomic E-state index is 2.35. The topological polar surface area (TPSA) is 7.76 Å². The number of halogens is 1. The molecule has 0 radical (unpaired) electrons. The van der Waals surface area contributed by atoms with E-state index in [2.05, 4.69) is 72.0 Å². The maximum Gasteiger partial charge on any atom is 0.169 e. The molecule has 2 nitrogen and oxygen atoms in total. The fourth-order valence-electron chi connectivity index (χ4n) is 5.16. The fraction of sp³-hybridized carbons (Fsp3) is 0.706. The molecule has 0 unspecified atom stereocenters. The summed E-state index contributed by atoms with van der Waals surface area (Å²) in [7, 11) is 0. The van der Waals surface area contributed by atoms with Gasteiger partial charge in [-0.3, -0.25) is 0 Å². The Morgan fingerprint density at radius 1 is 0.378 bits per heavy atom. The van der Waals surface area contributed by atoms with Crippen LogP contribution in [0.1, 0.15) is 142 Å². The van der Waals surface area contributed by atoms with Gasteiger partial charge in [-0.1, -0.05) is 117 Å². The van der Waals surface area contributed by atoms with E-state index in [0.29, 0.717) is 0 Å². The van der Waals surface area contributed by atoms with Crippen molar-refractivity contribution in [2.24, 2.45) is 0 Å². The van der Waals surface area contributed by atoms with Gasteiger partial charge >= 0.3 is 0 Å². The third-order valence-electron chi connectivity index (χ3n) is 7.66. The first-order valence-electron chi connectivity index (χ1n) is 15.8. The summed E-state index contributed by atoms with van der Waals surface area (Å²) in [4.78, 5) is 0. The van der Waals surface area contributed by atoms with E-state index in [9.17, 15) is 0 Å². The van der Waals surface area contributed by atoms with Crippen LogP contribution in [0.15, 0.2) is 49.1 Å². The van der Waals surface area contributed by atoms with Crippen molar-refractivity contribution in [1.82, 2.24) is 0 Å². The fourth-order valence-corrected chi connectivity index (χ4v) is 5.16. The van der Waals surface area contributed by atoms with E-state index >= 15 is 0 Å². The van der Waals surface area contributed by atoms with Crippen LogP contribution < -0.4 is 26.1 Å². The Morgan fingerprint density at radius 2 is 0.622 bits per heavy atom. The number of rotatable bonds is 23. The number of nitrogens with zero attached hydrogens (tertiary/aromatic N) is 2. The Morgan fingerprint density at radius 3 is 0.892 bits per heavy atom. The number of hydrogen-bond donors (Lipinski definition) is 0. The third kappa shape index (κ3) is 17.1. The predicted octanol–water partition coefficient (Wildman–Crippen LogP) is 6.77. The molecule has 210 valence electrons. The van der Waals surface area contributed by atoms with Gasteiger partial charge < -0.3 is 17.0 Å². The Kier molecular flexibility index (Phi) is 21.8. The summed E-state index contributed by atoms with van der Waals surface area (Å²) in [5, 5.41) is 0. The third-order valence-corrected chi connectivity index (χ3v) is 7.66. The molecular formula is C34H58BrN2+. The van der Waals surface area contributed by atoms with Crippen LogP contribution in [0.2, 0.25) is 0 Å². The van der Waals surface area contributed by atoms with Gasteiger partial charge in [-0.25, -0.2) is 9.13 Å². The molecule has 0 amide bonds. The summed E-state index contributed by atoms with van der Waals surface area (Å²) in [5.74, 6) is 0. The Labute approximate surface area is 241 Å². The SMILES string of the molecule is CCCCCCCCCCCC[n+]1ccc(-c2cc[n+](CCCCCCCCCCCC)cc2)cc1.[Br-]. The molecule has 2 aromatic heterocycles. The zero-order valence-corrected chi connectivity index (χ0v) is 26.0. The van der Waals surface area contributed by atoms with E-state index in [0.717, 1.165) is 13.1 Å². The lowest BCUT2D eigenvalue weighted by molar-refractivity contribution is -0.697. The lowest BCUT2D eigenvalue weighted by Crippen LogP contribution is -3.00. The van der Waals surface area contributed by atoms with Gasteiger partial charge in [0.2, 0.25) is 0 Å². The van der Waals surface area contributed by atoms with Crippen molar-refractivity contribution < 1.29 is 26.1 Å². The molecule has 0 aliphatic carbocycles. The van der Waals surface area contributed by atoms with Crippen LogP contribution in [0.3, 0.4) is 0 Å². The minimum atomic E-state index is 0. The van der Waals surface area contributed by atoms with Crippen LogP contribution >= 0.6 is 0 Å². The Balaban J connectivity index is 0.00000684. The van der Waals surface area contributed by atoms with Crippen LogP contribution in [0.25, 0.3) is 11.1 Å². The van der Waals surface area contributed by atoms with Crippen LogP contribution in [-0.4, -0.2) is 0 Å². The van der Waals surface area contributed by atoms with Gasteiger partial charge in [0.15, 0.2) is 24.8 Å². The smallest absolute Gasteiger partial charge is 0.169 e. The Bertz CT molecular complexity index is 676. The number of aromatic nitrogens is 2. The molecular weight excluding hydrogens is 516 g/mol. The molecule has 0 aliphatic rings. The van der Waals surface area contributed by atoms with Crippen LogP contribution in [-0.2, 0) is 13.1 Å². The average molecular weight is 575 g/mol. The summed E-state index contributed by atoms with van der Waals surface area (Å²) in [6, 6.07) is 9.10. The average Bonchev–Trinajstić information content (AvgIpc) is 2.91. The highest BCUT2D eigenvalue weighted by Crippen LogP contribution is 2.16. The number of aryl methyl sites for hydroxylation is 2. The van der Waals surface area contributed by atoms with Crippen molar-refractivity contribution >= 4 is 0 Å². The van der Waals surface area contributed by atoms with E-state index in [1.807, 2.05) is 0 Å². The van der Waals surface area contributed by atoms with Gasteiger partial charge in [0, 0.05) is 37.1 Å². The largest absolute Gasteiger partial charge is 1.00 e. The standard InChI is InChI=1S/C34H58N2.BrH/c1-3-5-7-9-11-13-15-17-19-21-27-35-29-23-33(24-30-35)34-25-31-36(32-26-34)28-22-20-18-16-14-12-10-8-6-4-2;/h23-26,29-32H,3-22,27-28H2,1-2H3;1H/q+2;/p-1. The van der Waals surface area contributed by atoms with Crippen LogP contribution in [0, 0.1) is 0 Å². The van der Waals surface area contributed by atoms with Crippen LogP contribution in [0.5, 0.6) is 0 Å². The first kappa shape index (κ1) is 33.8. The van der Waals surface area contributed by atoms with E-state index in [-0.39, 0.29) is 17.0 Å². The van der Waals surface area contributed by atoms with Crippen molar-refractivity contribution in [3.05, 3.63) is 49.1 Å². The molecule has 0 bridgehead atoms. The summed E-state index contributed by atoms with van der Waals surface area (Å²) in [5.41, 5.74) is 2.64. The van der Waals surface area contributed by atoms with E-state index in [4.69, 9.17) is 0 Å². The van der Waals surface area contributed by atoms with E-state index in [1.54, 1.807) is 0 Å². The summed E-state index contributed by atoms with van der Waals surface area (Å²) in [6.45, 7) is 6.87. The van der Waals surface area contributed by atoms with Gasteiger partial charge in [0.05, 0.1) is 0 Å². The molecule has 0 aliphatic heterocycles. The summed E-state index contributed by atoms with van der Waals surface area (Å²) >= 11 is 0. The molecule has 0 atom stereocenters. The van der Waals surface area contributed by atoms with Crippen molar-refractivity contribution in [3.8, 4) is 11.1 Å². The van der Waals surface area contributed by atoms with E-state index < -0.39 is 0 Å².